The lowest BCUT2D eigenvalue weighted by molar-refractivity contribution is -0.172. The van der Waals surface area contributed by atoms with E-state index in [4.69, 9.17) is 9.47 Å². The summed E-state index contributed by atoms with van der Waals surface area (Å²) in [6.07, 6.45) is 2.21. The lowest BCUT2D eigenvalue weighted by Gasteiger charge is -2.46. The third-order valence-electron chi connectivity index (χ3n) is 5.14. The van der Waals surface area contributed by atoms with Crippen molar-refractivity contribution >= 4 is 5.91 Å². The molecule has 0 saturated carbocycles. The average Bonchev–Trinajstić information content (AvgIpc) is 2.59. The molecule has 3 rings (SSSR count). The number of nitrogens with zero attached hydrogens (tertiary/aromatic N) is 1. The molecule has 1 unspecified atom stereocenters. The van der Waals surface area contributed by atoms with E-state index in [2.05, 4.69) is 12.2 Å². The van der Waals surface area contributed by atoms with Gasteiger partial charge in [0.2, 0.25) is 5.91 Å². The van der Waals surface area contributed by atoms with E-state index >= 15 is 0 Å². The highest BCUT2D eigenvalue weighted by molar-refractivity contribution is 5.78. The first-order valence-electron chi connectivity index (χ1n) is 8.37. The molecule has 2 saturated heterocycles. The van der Waals surface area contributed by atoms with Crippen LogP contribution in [0.1, 0.15) is 25.3 Å². The topological polar surface area (TPSA) is 50.8 Å². The molecule has 2 heterocycles. The van der Waals surface area contributed by atoms with Crippen molar-refractivity contribution in [3.63, 3.8) is 0 Å². The van der Waals surface area contributed by atoms with Gasteiger partial charge in [-0.25, -0.2) is 0 Å². The number of methoxy groups -OCH3 is 1. The summed E-state index contributed by atoms with van der Waals surface area (Å²) in [6.45, 7) is 5.62. The van der Waals surface area contributed by atoms with E-state index in [0.29, 0.717) is 19.0 Å². The number of ether oxygens (including phenoxy) is 2. The molecule has 5 nitrogen and oxygen atoms in total. The number of piperidine rings is 1. The molecule has 23 heavy (non-hydrogen) atoms. The fourth-order valence-electron chi connectivity index (χ4n) is 3.69. The molecule has 2 aliphatic rings. The van der Waals surface area contributed by atoms with Crippen molar-refractivity contribution in [3.05, 3.63) is 29.8 Å². The first-order valence-corrected chi connectivity index (χ1v) is 8.37. The van der Waals surface area contributed by atoms with E-state index in [1.54, 1.807) is 7.11 Å². The minimum atomic E-state index is -0.252. The lowest BCUT2D eigenvalue weighted by atomic mass is 9.81. The first-order chi connectivity index (χ1) is 11.1. The van der Waals surface area contributed by atoms with Crippen molar-refractivity contribution in [3.8, 4) is 5.75 Å². The standard InChI is InChI=1S/C18H26N2O3/c1-18(15-7-9-19-10-8-15)13-20(17(21)12-23-18)11-14-5-3-4-6-16(14)22-2/h3-6,15,19H,7-13H2,1-2H3. The van der Waals surface area contributed by atoms with Gasteiger partial charge in [0.25, 0.3) is 0 Å². The van der Waals surface area contributed by atoms with Crippen LogP contribution in [-0.4, -0.2) is 49.8 Å². The number of rotatable bonds is 4. The van der Waals surface area contributed by atoms with Crippen LogP contribution >= 0.6 is 0 Å². The van der Waals surface area contributed by atoms with Gasteiger partial charge >= 0.3 is 0 Å². The molecule has 1 aromatic carbocycles. The molecular weight excluding hydrogens is 292 g/mol. The second-order valence-corrected chi connectivity index (χ2v) is 6.69. The van der Waals surface area contributed by atoms with E-state index in [1.807, 2.05) is 29.2 Å². The highest BCUT2D eigenvalue weighted by Gasteiger charge is 2.42. The first kappa shape index (κ1) is 16.3. The van der Waals surface area contributed by atoms with E-state index in [-0.39, 0.29) is 18.1 Å². The molecule has 1 aromatic rings. The van der Waals surface area contributed by atoms with Crippen molar-refractivity contribution in [2.45, 2.75) is 31.9 Å². The summed E-state index contributed by atoms with van der Waals surface area (Å²) in [7, 11) is 1.67. The highest BCUT2D eigenvalue weighted by Crippen LogP contribution is 2.33. The Hall–Kier alpha value is -1.59. The highest BCUT2D eigenvalue weighted by atomic mass is 16.5. The number of nitrogens with one attached hydrogen (secondary N) is 1. The Morgan fingerprint density at radius 1 is 1.35 bits per heavy atom. The van der Waals surface area contributed by atoms with Gasteiger partial charge in [0.15, 0.2) is 0 Å². The molecule has 0 radical (unpaired) electrons. The Bertz CT molecular complexity index is 557. The molecule has 0 bridgehead atoms. The van der Waals surface area contributed by atoms with Gasteiger partial charge < -0.3 is 19.7 Å². The molecule has 126 valence electrons. The van der Waals surface area contributed by atoms with Crippen LogP contribution in [0.5, 0.6) is 5.75 Å². The van der Waals surface area contributed by atoms with Crippen molar-refractivity contribution in [1.82, 2.24) is 10.2 Å². The quantitative estimate of drug-likeness (QED) is 0.920. The fourth-order valence-corrected chi connectivity index (χ4v) is 3.69. The Morgan fingerprint density at radius 3 is 2.83 bits per heavy atom. The lowest BCUT2D eigenvalue weighted by Crippen LogP contribution is -2.57. The molecule has 5 heteroatoms. The van der Waals surface area contributed by atoms with E-state index in [9.17, 15) is 4.79 Å². The van der Waals surface area contributed by atoms with Gasteiger partial charge in [0.1, 0.15) is 12.4 Å². The molecule has 2 aliphatic heterocycles. The van der Waals surface area contributed by atoms with Crippen LogP contribution in [0.4, 0.5) is 0 Å². The van der Waals surface area contributed by atoms with E-state index in [0.717, 1.165) is 37.2 Å². The molecule has 0 spiro atoms. The third-order valence-corrected chi connectivity index (χ3v) is 5.14. The van der Waals surface area contributed by atoms with Crippen LogP contribution in [0.2, 0.25) is 0 Å². The van der Waals surface area contributed by atoms with Gasteiger partial charge in [-0.1, -0.05) is 18.2 Å². The Kier molecular flexibility index (Phi) is 4.87. The van der Waals surface area contributed by atoms with Crippen molar-refractivity contribution < 1.29 is 14.3 Å². The van der Waals surface area contributed by atoms with Crippen LogP contribution in [-0.2, 0) is 16.1 Å². The molecular formula is C18H26N2O3. The molecule has 1 amide bonds. The fraction of sp³-hybridized carbons (Fsp3) is 0.611. The molecule has 0 aromatic heterocycles. The number of carbonyl (C=O) groups excluding carboxylic acids is 1. The van der Waals surface area contributed by atoms with Crippen molar-refractivity contribution in [2.75, 3.05) is 33.4 Å². The number of hydrogen-bond donors (Lipinski definition) is 1. The Labute approximate surface area is 137 Å². The summed E-state index contributed by atoms with van der Waals surface area (Å²) in [5.41, 5.74) is 0.788. The molecule has 1 N–H and O–H groups in total. The average molecular weight is 318 g/mol. The summed E-state index contributed by atoms with van der Waals surface area (Å²) in [6, 6.07) is 7.88. The molecule has 0 aliphatic carbocycles. The van der Waals surface area contributed by atoms with Crippen LogP contribution in [0.3, 0.4) is 0 Å². The largest absolute Gasteiger partial charge is 0.496 e. The second kappa shape index (κ2) is 6.89. The third kappa shape index (κ3) is 3.51. The van der Waals surface area contributed by atoms with Gasteiger partial charge in [-0.3, -0.25) is 4.79 Å². The summed E-state index contributed by atoms with van der Waals surface area (Å²) >= 11 is 0. The number of carbonyl (C=O) groups is 1. The second-order valence-electron chi connectivity index (χ2n) is 6.69. The summed E-state index contributed by atoms with van der Waals surface area (Å²) in [5, 5.41) is 3.39. The van der Waals surface area contributed by atoms with Gasteiger partial charge in [-0.05, 0) is 44.8 Å². The zero-order valence-electron chi connectivity index (χ0n) is 14.0. The number of para-hydroxylation sites is 1. The zero-order chi connectivity index (χ0) is 16.3. The predicted octanol–water partition coefficient (Wildman–Crippen LogP) is 1.81. The van der Waals surface area contributed by atoms with Gasteiger partial charge in [-0.15, -0.1) is 0 Å². The summed E-state index contributed by atoms with van der Waals surface area (Å²) in [4.78, 5) is 14.2. The van der Waals surface area contributed by atoms with Crippen LogP contribution in [0, 0.1) is 5.92 Å². The Morgan fingerprint density at radius 2 is 2.09 bits per heavy atom. The number of morpholine rings is 1. The smallest absolute Gasteiger partial charge is 0.249 e. The van der Waals surface area contributed by atoms with Gasteiger partial charge in [-0.2, -0.15) is 0 Å². The van der Waals surface area contributed by atoms with E-state index < -0.39 is 0 Å². The summed E-state index contributed by atoms with van der Waals surface area (Å²) < 4.78 is 11.4. The van der Waals surface area contributed by atoms with Crippen molar-refractivity contribution in [2.24, 2.45) is 5.92 Å². The maximum atomic E-state index is 12.3. The van der Waals surface area contributed by atoms with Crippen LogP contribution in [0.15, 0.2) is 24.3 Å². The van der Waals surface area contributed by atoms with E-state index in [1.165, 1.54) is 0 Å². The zero-order valence-corrected chi connectivity index (χ0v) is 14.0. The predicted molar refractivity (Wildman–Crippen MR) is 88.4 cm³/mol. The molecule has 1 atom stereocenters. The number of amides is 1. The van der Waals surface area contributed by atoms with Gasteiger partial charge in [0.05, 0.1) is 19.3 Å². The maximum absolute atomic E-state index is 12.3. The van der Waals surface area contributed by atoms with Crippen molar-refractivity contribution in [1.29, 1.82) is 0 Å². The SMILES string of the molecule is COc1ccccc1CN1CC(C)(C2CCNCC2)OCC1=O. The monoisotopic (exact) mass is 318 g/mol. The van der Waals surface area contributed by atoms with Crippen LogP contribution < -0.4 is 10.1 Å². The summed E-state index contributed by atoms with van der Waals surface area (Å²) in [5.74, 6) is 1.38. The minimum Gasteiger partial charge on any atom is -0.496 e. The minimum absolute atomic E-state index is 0.0577. The van der Waals surface area contributed by atoms with Crippen LogP contribution in [0.25, 0.3) is 0 Å². The van der Waals surface area contributed by atoms with Gasteiger partial charge in [0, 0.05) is 12.1 Å². The normalized spacial score (nSPS) is 26.3. The number of hydrogen-bond acceptors (Lipinski definition) is 4. The molecule has 2 fully saturated rings. The Balaban J connectivity index is 1.74. The number of benzene rings is 1. The maximum Gasteiger partial charge on any atom is 0.249 e.